The molecule has 0 spiro atoms. The predicted molar refractivity (Wildman–Crippen MR) is 118 cm³/mol. The molecule has 0 bridgehead atoms. The first-order chi connectivity index (χ1) is 14.9. The van der Waals surface area contributed by atoms with Crippen molar-refractivity contribution in [2.75, 3.05) is 33.2 Å². The summed E-state index contributed by atoms with van der Waals surface area (Å²) < 4.78 is 0. The third-order valence-corrected chi connectivity index (χ3v) is 5.46. The minimum absolute atomic E-state index is 0.0481. The number of nitro groups is 1. The Morgan fingerprint density at radius 3 is 2.32 bits per heavy atom. The van der Waals surface area contributed by atoms with E-state index in [0.29, 0.717) is 41.4 Å². The zero-order valence-corrected chi connectivity index (χ0v) is 17.5. The maximum absolute atomic E-state index is 13.5. The summed E-state index contributed by atoms with van der Waals surface area (Å²) >= 11 is 0. The van der Waals surface area contributed by atoms with E-state index in [1.165, 1.54) is 12.1 Å². The molecular formula is C23H23N5O3. The van der Waals surface area contributed by atoms with Crippen molar-refractivity contribution in [3.8, 4) is 22.6 Å². The molecule has 0 atom stereocenters. The fourth-order valence-corrected chi connectivity index (χ4v) is 3.69. The lowest BCUT2D eigenvalue weighted by Crippen LogP contribution is -2.47. The molecular weight excluding hydrogens is 394 g/mol. The lowest BCUT2D eigenvalue weighted by Gasteiger charge is -2.33. The second kappa shape index (κ2) is 8.61. The van der Waals surface area contributed by atoms with Gasteiger partial charge in [0.05, 0.1) is 21.9 Å². The first kappa shape index (κ1) is 20.6. The molecule has 1 aliphatic rings. The molecule has 1 aromatic heterocycles. The predicted octanol–water partition coefficient (Wildman–Crippen LogP) is 3.41. The van der Waals surface area contributed by atoms with Crippen LogP contribution in [0.15, 0.2) is 54.6 Å². The highest BCUT2D eigenvalue weighted by Crippen LogP contribution is 2.30. The normalized spacial score (nSPS) is 14.5. The van der Waals surface area contributed by atoms with Crippen LogP contribution < -0.4 is 0 Å². The lowest BCUT2D eigenvalue weighted by atomic mass is 10.0. The molecule has 0 N–H and O–H groups in total. The molecule has 0 saturated carbocycles. The number of nitro benzene ring substituents is 1. The van der Waals surface area contributed by atoms with Gasteiger partial charge in [-0.15, -0.1) is 0 Å². The smallest absolute Gasteiger partial charge is 0.270 e. The van der Waals surface area contributed by atoms with Crippen LogP contribution in [0.5, 0.6) is 0 Å². The molecule has 1 fully saturated rings. The van der Waals surface area contributed by atoms with E-state index in [2.05, 4.69) is 9.88 Å². The number of non-ortho nitro benzene ring substituents is 1. The topological polar surface area (TPSA) is 92.5 Å². The van der Waals surface area contributed by atoms with Crippen molar-refractivity contribution >= 4 is 11.6 Å². The van der Waals surface area contributed by atoms with Crippen LogP contribution in [0.3, 0.4) is 0 Å². The summed E-state index contributed by atoms with van der Waals surface area (Å²) in [6.45, 7) is 4.60. The summed E-state index contributed by atoms with van der Waals surface area (Å²) in [5, 5.41) is 11.3. The Balaban J connectivity index is 1.86. The number of piperazine rings is 1. The fraction of sp³-hybridized carbons (Fsp3) is 0.261. The monoisotopic (exact) mass is 417 g/mol. The van der Waals surface area contributed by atoms with E-state index in [1.807, 2.05) is 37.4 Å². The van der Waals surface area contributed by atoms with Crippen LogP contribution in [-0.4, -0.2) is 63.8 Å². The van der Waals surface area contributed by atoms with E-state index in [1.54, 1.807) is 24.0 Å². The van der Waals surface area contributed by atoms with Crippen LogP contribution in [0.25, 0.3) is 22.6 Å². The lowest BCUT2D eigenvalue weighted by molar-refractivity contribution is -0.384. The number of benzene rings is 2. The van der Waals surface area contributed by atoms with Gasteiger partial charge in [0.15, 0.2) is 5.82 Å². The highest BCUT2D eigenvalue weighted by molar-refractivity contribution is 6.01. The number of nitrogens with zero attached hydrogens (tertiary/aromatic N) is 5. The van der Waals surface area contributed by atoms with Crippen molar-refractivity contribution in [1.82, 2.24) is 19.8 Å². The van der Waals surface area contributed by atoms with Crippen molar-refractivity contribution in [2.45, 2.75) is 6.92 Å². The maximum Gasteiger partial charge on any atom is 0.270 e. The number of amides is 1. The van der Waals surface area contributed by atoms with Gasteiger partial charge < -0.3 is 9.80 Å². The van der Waals surface area contributed by atoms with Crippen molar-refractivity contribution in [1.29, 1.82) is 0 Å². The van der Waals surface area contributed by atoms with E-state index in [0.717, 1.165) is 18.7 Å². The van der Waals surface area contributed by atoms with Crippen LogP contribution in [0, 0.1) is 17.0 Å². The summed E-state index contributed by atoms with van der Waals surface area (Å²) in [6, 6.07) is 15.7. The first-order valence-corrected chi connectivity index (χ1v) is 10.1. The molecule has 4 rings (SSSR count). The average molecular weight is 417 g/mol. The number of aromatic nitrogens is 2. The fourth-order valence-electron chi connectivity index (χ4n) is 3.69. The molecule has 2 aromatic carbocycles. The number of likely N-dealkylation sites (N-methyl/N-ethyl adjacent to an activating group) is 1. The highest BCUT2D eigenvalue weighted by Gasteiger charge is 2.27. The number of hydrogen-bond acceptors (Lipinski definition) is 6. The molecule has 2 heterocycles. The zero-order chi connectivity index (χ0) is 22.0. The third-order valence-electron chi connectivity index (χ3n) is 5.46. The number of carbonyl (C=O) groups excluding carboxylic acids is 1. The van der Waals surface area contributed by atoms with Gasteiger partial charge in [-0.25, -0.2) is 9.97 Å². The van der Waals surface area contributed by atoms with Crippen LogP contribution in [0.2, 0.25) is 0 Å². The van der Waals surface area contributed by atoms with Gasteiger partial charge in [-0.05, 0) is 14.0 Å². The van der Waals surface area contributed by atoms with E-state index in [4.69, 9.17) is 4.98 Å². The molecule has 0 unspecified atom stereocenters. The quantitative estimate of drug-likeness (QED) is 0.477. The number of aryl methyl sites for hydroxylation is 1. The molecule has 1 amide bonds. The third kappa shape index (κ3) is 4.29. The van der Waals surface area contributed by atoms with Gasteiger partial charge in [-0.3, -0.25) is 14.9 Å². The Hall–Kier alpha value is -3.65. The van der Waals surface area contributed by atoms with Crippen LogP contribution in [0.1, 0.15) is 16.1 Å². The maximum atomic E-state index is 13.5. The molecule has 8 heteroatoms. The summed E-state index contributed by atoms with van der Waals surface area (Å²) in [4.78, 5) is 37.7. The largest absolute Gasteiger partial charge is 0.336 e. The minimum atomic E-state index is -0.447. The Morgan fingerprint density at radius 2 is 1.65 bits per heavy atom. The molecule has 8 nitrogen and oxygen atoms in total. The Morgan fingerprint density at radius 1 is 0.968 bits per heavy atom. The standard InChI is InChI=1S/C23H23N5O3/c1-16-20(23(29)27-13-11-26(2)12-14-27)21(18-9-6-10-19(15-18)28(30)31)25-22(24-16)17-7-4-3-5-8-17/h3-10,15H,11-14H2,1-2H3. The van der Waals surface area contributed by atoms with Crippen molar-refractivity contribution in [3.63, 3.8) is 0 Å². The Labute approximate surface area is 180 Å². The van der Waals surface area contributed by atoms with Gasteiger partial charge in [0.1, 0.15) is 0 Å². The van der Waals surface area contributed by atoms with Gasteiger partial charge in [0.25, 0.3) is 11.6 Å². The molecule has 3 aromatic rings. The second-order valence-corrected chi connectivity index (χ2v) is 7.63. The molecule has 0 aliphatic carbocycles. The van der Waals surface area contributed by atoms with E-state index in [-0.39, 0.29) is 11.6 Å². The van der Waals surface area contributed by atoms with Gasteiger partial charge in [0.2, 0.25) is 0 Å². The number of rotatable bonds is 4. The molecule has 1 aliphatic heterocycles. The van der Waals surface area contributed by atoms with E-state index in [9.17, 15) is 14.9 Å². The van der Waals surface area contributed by atoms with Gasteiger partial charge in [-0.2, -0.15) is 0 Å². The van der Waals surface area contributed by atoms with Crippen molar-refractivity contribution in [2.24, 2.45) is 0 Å². The molecule has 0 radical (unpaired) electrons. The van der Waals surface area contributed by atoms with Crippen LogP contribution >= 0.6 is 0 Å². The highest BCUT2D eigenvalue weighted by atomic mass is 16.6. The van der Waals surface area contributed by atoms with Crippen LogP contribution in [0.4, 0.5) is 5.69 Å². The Bertz CT molecular complexity index is 1130. The SMILES string of the molecule is Cc1nc(-c2ccccc2)nc(-c2cccc([N+](=O)[O-])c2)c1C(=O)N1CCN(C)CC1. The summed E-state index contributed by atoms with van der Waals surface area (Å²) in [5.74, 6) is 0.334. The van der Waals surface area contributed by atoms with Gasteiger partial charge >= 0.3 is 0 Å². The van der Waals surface area contributed by atoms with Gasteiger partial charge in [0, 0.05) is 49.4 Å². The van der Waals surface area contributed by atoms with Crippen molar-refractivity contribution < 1.29 is 9.72 Å². The van der Waals surface area contributed by atoms with Crippen molar-refractivity contribution in [3.05, 3.63) is 76.0 Å². The Kier molecular flexibility index (Phi) is 5.73. The zero-order valence-electron chi connectivity index (χ0n) is 17.5. The number of hydrogen-bond donors (Lipinski definition) is 0. The average Bonchev–Trinajstić information content (AvgIpc) is 2.79. The van der Waals surface area contributed by atoms with E-state index >= 15 is 0 Å². The summed E-state index contributed by atoms with van der Waals surface area (Å²) in [7, 11) is 2.03. The molecule has 158 valence electrons. The van der Waals surface area contributed by atoms with Crippen LogP contribution in [-0.2, 0) is 0 Å². The number of carbonyl (C=O) groups is 1. The molecule has 31 heavy (non-hydrogen) atoms. The summed E-state index contributed by atoms with van der Waals surface area (Å²) in [6.07, 6.45) is 0. The minimum Gasteiger partial charge on any atom is -0.336 e. The van der Waals surface area contributed by atoms with Gasteiger partial charge in [-0.1, -0.05) is 42.5 Å². The van der Waals surface area contributed by atoms with E-state index < -0.39 is 4.92 Å². The first-order valence-electron chi connectivity index (χ1n) is 10.1. The molecule has 1 saturated heterocycles. The summed E-state index contributed by atoms with van der Waals surface area (Å²) in [5.41, 5.74) is 2.65. The second-order valence-electron chi connectivity index (χ2n) is 7.63.